The van der Waals surface area contributed by atoms with Gasteiger partial charge in [-0.25, -0.2) is 18.0 Å². The van der Waals surface area contributed by atoms with Crippen LogP contribution in [0.25, 0.3) is 0 Å². The van der Waals surface area contributed by atoms with Gasteiger partial charge in [0.05, 0.1) is 12.7 Å². The molecule has 1 aromatic carbocycles. The van der Waals surface area contributed by atoms with E-state index in [2.05, 4.69) is 5.32 Å². The Labute approximate surface area is 152 Å². The molecule has 0 saturated heterocycles. The van der Waals surface area contributed by atoms with E-state index >= 15 is 0 Å². The Morgan fingerprint density at radius 1 is 1.04 bits per heavy atom. The van der Waals surface area contributed by atoms with Crippen LogP contribution in [0.3, 0.4) is 0 Å². The van der Waals surface area contributed by atoms with Crippen molar-refractivity contribution in [3.8, 4) is 0 Å². The SMILES string of the molecule is O=C(NCCOC1CCC(c2c(F)ccc(F)c2F)CC1)NCC(F)(F)F. The molecule has 0 spiro atoms. The van der Waals surface area contributed by atoms with Gasteiger partial charge in [0.1, 0.15) is 12.4 Å². The van der Waals surface area contributed by atoms with Crippen molar-refractivity contribution in [1.29, 1.82) is 0 Å². The first-order valence-corrected chi connectivity index (χ1v) is 8.51. The Morgan fingerprint density at radius 2 is 1.67 bits per heavy atom. The second-order valence-electron chi connectivity index (χ2n) is 6.33. The predicted octanol–water partition coefficient (Wildman–Crippen LogP) is 4.01. The minimum atomic E-state index is -4.48. The quantitative estimate of drug-likeness (QED) is 0.432. The molecule has 4 nitrogen and oxygen atoms in total. The lowest BCUT2D eigenvalue weighted by Crippen LogP contribution is -2.42. The van der Waals surface area contributed by atoms with Crippen molar-refractivity contribution in [2.45, 2.75) is 43.9 Å². The number of amides is 2. The zero-order chi connectivity index (χ0) is 20.0. The van der Waals surface area contributed by atoms with Crippen LogP contribution in [-0.2, 0) is 4.74 Å². The summed E-state index contributed by atoms with van der Waals surface area (Å²) in [5.74, 6) is -3.45. The summed E-state index contributed by atoms with van der Waals surface area (Å²) in [6, 6.07) is 0.712. The molecule has 10 heteroatoms. The molecule has 0 aliphatic heterocycles. The number of carbonyl (C=O) groups excluding carboxylic acids is 1. The average molecular weight is 398 g/mol. The molecular formula is C17H20F6N2O2. The lowest BCUT2D eigenvalue weighted by Gasteiger charge is -2.29. The third-order valence-electron chi connectivity index (χ3n) is 4.35. The van der Waals surface area contributed by atoms with E-state index in [1.54, 1.807) is 5.32 Å². The summed E-state index contributed by atoms with van der Waals surface area (Å²) < 4.78 is 82.3. The normalized spacial score (nSPS) is 20.4. The maximum atomic E-state index is 13.8. The van der Waals surface area contributed by atoms with Crippen LogP contribution in [0.4, 0.5) is 31.1 Å². The van der Waals surface area contributed by atoms with Crippen molar-refractivity contribution in [2.24, 2.45) is 0 Å². The molecule has 1 aliphatic carbocycles. The molecule has 1 aromatic rings. The van der Waals surface area contributed by atoms with Crippen molar-refractivity contribution in [1.82, 2.24) is 10.6 Å². The van der Waals surface area contributed by atoms with Gasteiger partial charge < -0.3 is 15.4 Å². The van der Waals surface area contributed by atoms with Crippen molar-refractivity contribution < 1.29 is 35.9 Å². The molecule has 0 aromatic heterocycles. The van der Waals surface area contributed by atoms with Crippen molar-refractivity contribution in [3.63, 3.8) is 0 Å². The first kappa shape index (κ1) is 21.3. The zero-order valence-electron chi connectivity index (χ0n) is 14.3. The molecule has 1 fully saturated rings. The van der Waals surface area contributed by atoms with Crippen molar-refractivity contribution >= 4 is 6.03 Å². The highest BCUT2D eigenvalue weighted by molar-refractivity contribution is 5.73. The first-order valence-electron chi connectivity index (χ1n) is 8.51. The largest absolute Gasteiger partial charge is 0.405 e. The van der Waals surface area contributed by atoms with E-state index in [0.29, 0.717) is 25.7 Å². The van der Waals surface area contributed by atoms with Gasteiger partial charge in [-0.3, -0.25) is 0 Å². The second kappa shape index (κ2) is 9.29. The minimum Gasteiger partial charge on any atom is -0.376 e. The first-order chi connectivity index (χ1) is 12.7. The fourth-order valence-electron chi connectivity index (χ4n) is 3.07. The van der Waals surface area contributed by atoms with Crippen LogP contribution in [0.15, 0.2) is 12.1 Å². The smallest absolute Gasteiger partial charge is 0.376 e. The topological polar surface area (TPSA) is 50.4 Å². The number of halogens is 6. The van der Waals surface area contributed by atoms with Crippen molar-refractivity contribution in [3.05, 3.63) is 35.1 Å². The van der Waals surface area contributed by atoms with Gasteiger partial charge in [0.25, 0.3) is 0 Å². The molecule has 2 rings (SSSR count). The molecule has 2 N–H and O–H groups in total. The molecule has 1 aliphatic rings. The van der Waals surface area contributed by atoms with Gasteiger partial charge in [-0.2, -0.15) is 13.2 Å². The van der Waals surface area contributed by atoms with Crippen LogP contribution < -0.4 is 10.6 Å². The Kier molecular flexibility index (Phi) is 7.34. The van der Waals surface area contributed by atoms with Crippen molar-refractivity contribution in [2.75, 3.05) is 19.7 Å². The molecule has 0 bridgehead atoms. The maximum Gasteiger partial charge on any atom is 0.405 e. The molecule has 0 unspecified atom stereocenters. The summed E-state index contributed by atoms with van der Waals surface area (Å²) in [4.78, 5) is 11.2. The van der Waals surface area contributed by atoms with Gasteiger partial charge in [0.2, 0.25) is 0 Å². The fraction of sp³-hybridized carbons (Fsp3) is 0.588. The predicted molar refractivity (Wildman–Crippen MR) is 84.7 cm³/mol. The van der Waals surface area contributed by atoms with Crippen LogP contribution in [0.5, 0.6) is 0 Å². The number of benzene rings is 1. The molecule has 0 heterocycles. The highest BCUT2D eigenvalue weighted by Crippen LogP contribution is 2.37. The summed E-state index contributed by atoms with van der Waals surface area (Å²) in [6.45, 7) is -1.30. The Morgan fingerprint density at radius 3 is 2.30 bits per heavy atom. The third kappa shape index (κ3) is 6.60. The van der Waals surface area contributed by atoms with Gasteiger partial charge in [0, 0.05) is 12.1 Å². The van der Waals surface area contributed by atoms with E-state index < -0.39 is 42.1 Å². The highest BCUT2D eigenvalue weighted by atomic mass is 19.4. The van der Waals surface area contributed by atoms with E-state index in [1.165, 1.54) is 0 Å². The number of rotatable bonds is 6. The van der Waals surface area contributed by atoms with E-state index in [-0.39, 0.29) is 24.8 Å². The van der Waals surface area contributed by atoms with Gasteiger partial charge in [-0.15, -0.1) is 0 Å². The van der Waals surface area contributed by atoms with Gasteiger partial charge >= 0.3 is 12.2 Å². The standard InChI is InChI=1S/C17H20F6N2O2/c18-12-5-6-13(19)15(20)14(12)10-1-3-11(4-2-10)27-8-7-24-16(26)25-9-17(21,22)23/h5-6,10-11H,1-4,7-9H2,(H2,24,25,26). The maximum absolute atomic E-state index is 13.8. The lowest BCUT2D eigenvalue weighted by atomic mass is 9.82. The second-order valence-corrected chi connectivity index (χ2v) is 6.33. The zero-order valence-corrected chi connectivity index (χ0v) is 14.3. The summed E-state index contributed by atoms with van der Waals surface area (Å²) in [5.41, 5.74) is -0.239. The van der Waals surface area contributed by atoms with Crippen LogP contribution in [0, 0.1) is 17.5 Å². The number of nitrogens with one attached hydrogen (secondary N) is 2. The number of hydrogen-bond donors (Lipinski definition) is 2. The fourth-order valence-corrected chi connectivity index (χ4v) is 3.07. The Balaban J connectivity index is 1.68. The molecule has 2 amide bonds. The molecule has 1 saturated carbocycles. The molecule has 152 valence electrons. The van der Waals surface area contributed by atoms with E-state index in [0.717, 1.165) is 12.1 Å². The summed E-state index contributed by atoms with van der Waals surface area (Å²) in [6.07, 6.45) is -2.84. The summed E-state index contributed by atoms with van der Waals surface area (Å²) in [5, 5.41) is 3.90. The van der Waals surface area contributed by atoms with E-state index in [9.17, 15) is 31.1 Å². The molecule has 0 atom stereocenters. The van der Waals surface area contributed by atoms with Crippen LogP contribution in [0.2, 0.25) is 0 Å². The van der Waals surface area contributed by atoms with Crippen LogP contribution in [0.1, 0.15) is 37.2 Å². The number of ether oxygens (including phenoxy) is 1. The summed E-state index contributed by atoms with van der Waals surface area (Å²) in [7, 11) is 0. The number of carbonyl (C=O) groups is 1. The van der Waals surface area contributed by atoms with Gasteiger partial charge in [-0.05, 0) is 43.7 Å². The Hall–Kier alpha value is -1.97. The van der Waals surface area contributed by atoms with Gasteiger partial charge in [0.15, 0.2) is 11.6 Å². The summed E-state index contributed by atoms with van der Waals surface area (Å²) >= 11 is 0. The van der Waals surface area contributed by atoms with E-state index in [4.69, 9.17) is 4.74 Å². The molecule has 27 heavy (non-hydrogen) atoms. The van der Waals surface area contributed by atoms with Crippen LogP contribution >= 0.6 is 0 Å². The molecule has 0 radical (unpaired) electrons. The Bertz CT molecular complexity index is 645. The number of alkyl halides is 3. The average Bonchev–Trinajstić information content (AvgIpc) is 2.61. The minimum absolute atomic E-state index is 0.0246. The lowest BCUT2D eigenvalue weighted by molar-refractivity contribution is -0.122. The van der Waals surface area contributed by atoms with E-state index in [1.807, 2.05) is 0 Å². The van der Waals surface area contributed by atoms with Crippen LogP contribution in [-0.4, -0.2) is 38.0 Å². The monoisotopic (exact) mass is 398 g/mol. The molecular weight excluding hydrogens is 378 g/mol. The van der Waals surface area contributed by atoms with Gasteiger partial charge in [-0.1, -0.05) is 0 Å². The number of urea groups is 1. The number of hydrogen-bond acceptors (Lipinski definition) is 2. The highest BCUT2D eigenvalue weighted by Gasteiger charge is 2.29. The third-order valence-corrected chi connectivity index (χ3v) is 4.35.